The zero-order valence-electron chi connectivity index (χ0n) is 20.0. The maximum absolute atomic E-state index is 15.3. The average molecular weight is 533 g/mol. The summed E-state index contributed by atoms with van der Waals surface area (Å²) < 4.78 is 47.2. The fraction of sp³-hybridized carbons (Fsp3) is 0.444. The Hall–Kier alpha value is -2.88. The van der Waals surface area contributed by atoms with Gasteiger partial charge in [-0.1, -0.05) is 17.7 Å². The van der Waals surface area contributed by atoms with E-state index in [-0.39, 0.29) is 12.1 Å². The largest absolute Gasteiger partial charge is 0.486 e. The van der Waals surface area contributed by atoms with Crippen LogP contribution in [0.15, 0.2) is 46.9 Å². The number of furan rings is 1. The molecule has 2 saturated heterocycles. The highest BCUT2D eigenvalue weighted by Crippen LogP contribution is 2.40. The number of ether oxygens (including phenoxy) is 2. The molecule has 37 heavy (non-hydrogen) atoms. The van der Waals surface area contributed by atoms with Crippen molar-refractivity contribution < 1.29 is 32.6 Å². The number of rotatable bonds is 7. The quantitative estimate of drug-likeness (QED) is 0.455. The Morgan fingerprint density at radius 1 is 1.05 bits per heavy atom. The van der Waals surface area contributed by atoms with Gasteiger partial charge in [-0.2, -0.15) is 8.78 Å². The highest BCUT2D eigenvalue weighted by atomic mass is 35.5. The fourth-order valence-corrected chi connectivity index (χ4v) is 5.97. The van der Waals surface area contributed by atoms with E-state index in [9.17, 15) is 9.90 Å². The Labute approximate surface area is 217 Å². The van der Waals surface area contributed by atoms with Crippen molar-refractivity contribution in [3.63, 3.8) is 0 Å². The molecule has 2 fully saturated rings. The Kier molecular flexibility index (Phi) is 6.25. The number of hydrogen-bond donors (Lipinski definition) is 2. The topological polar surface area (TPSA) is 84.2 Å². The third-order valence-corrected chi connectivity index (χ3v) is 7.93. The van der Waals surface area contributed by atoms with Crippen molar-refractivity contribution in [2.24, 2.45) is 0 Å². The molecule has 4 heterocycles. The number of carbonyl (C=O) groups is 1. The first kappa shape index (κ1) is 24.5. The molecule has 0 aliphatic carbocycles. The summed E-state index contributed by atoms with van der Waals surface area (Å²) in [5.74, 6) is -5.25. The van der Waals surface area contributed by atoms with Crippen LogP contribution in [0, 0.1) is 0 Å². The minimum Gasteiger partial charge on any atom is -0.486 e. The molecule has 1 amide bonds. The second-order valence-electron chi connectivity index (χ2n) is 9.95. The monoisotopic (exact) mass is 532 g/mol. The van der Waals surface area contributed by atoms with Crippen molar-refractivity contribution in [2.45, 2.75) is 55.8 Å². The average Bonchev–Trinajstić information content (AvgIpc) is 3.61. The van der Waals surface area contributed by atoms with E-state index >= 15 is 8.78 Å². The minimum absolute atomic E-state index is 0.202. The molecule has 2 atom stereocenters. The highest BCUT2D eigenvalue weighted by Gasteiger charge is 2.47. The molecule has 6 rings (SSSR count). The Balaban J connectivity index is 1.27. The summed E-state index contributed by atoms with van der Waals surface area (Å²) in [6.45, 7) is 1.05. The van der Waals surface area contributed by atoms with E-state index in [0.717, 1.165) is 31.7 Å². The molecule has 0 radical (unpaired) electrons. The molecule has 3 aliphatic rings. The molecule has 10 heteroatoms. The maximum Gasteiger partial charge on any atom is 0.380 e. The van der Waals surface area contributed by atoms with Crippen LogP contribution in [0.5, 0.6) is 11.5 Å². The number of aliphatic hydroxyl groups is 1. The van der Waals surface area contributed by atoms with Gasteiger partial charge in [-0.15, -0.1) is 0 Å². The molecule has 2 aromatic carbocycles. The summed E-state index contributed by atoms with van der Waals surface area (Å²) >= 11 is 5.96. The van der Waals surface area contributed by atoms with Gasteiger partial charge in [-0.3, -0.25) is 9.69 Å². The Morgan fingerprint density at radius 3 is 2.49 bits per heavy atom. The Morgan fingerprint density at radius 2 is 1.76 bits per heavy atom. The van der Waals surface area contributed by atoms with E-state index in [4.69, 9.17) is 25.5 Å². The van der Waals surface area contributed by atoms with Gasteiger partial charge in [0, 0.05) is 29.0 Å². The third kappa shape index (κ3) is 4.53. The van der Waals surface area contributed by atoms with Crippen molar-refractivity contribution in [3.05, 3.63) is 58.8 Å². The zero-order valence-corrected chi connectivity index (χ0v) is 20.7. The lowest BCUT2D eigenvalue weighted by molar-refractivity contribution is -0.151. The summed E-state index contributed by atoms with van der Waals surface area (Å²) in [4.78, 5) is 15.2. The summed E-state index contributed by atoms with van der Waals surface area (Å²) in [6, 6.07) is 10.3. The van der Waals surface area contributed by atoms with Crippen LogP contribution in [0.4, 0.5) is 8.78 Å². The van der Waals surface area contributed by atoms with Crippen LogP contribution in [0.1, 0.15) is 43.1 Å². The van der Waals surface area contributed by atoms with Crippen molar-refractivity contribution in [3.8, 4) is 11.5 Å². The Bertz CT molecular complexity index is 1310. The van der Waals surface area contributed by atoms with Crippen molar-refractivity contribution >= 4 is 28.5 Å². The van der Waals surface area contributed by atoms with Gasteiger partial charge in [0.15, 0.2) is 17.3 Å². The number of hydrogen-bond acceptors (Lipinski definition) is 6. The number of alkyl halides is 2. The number of benzene rings is 2. The first-order chi connectivity index (χ1) is 17.8. The molecule has 3 aliphatic heterocycles. The highest BCUT2D eigenvalue weighted by molar-refractivity contribution is 6.31. The number of nitrogens with zero attached hydrogens (tertiary/aromatic N) is 1. The lowest BCUT2D eigenvalue weighted by atomic mass is 10.00. The first-order valence-electron chi connectivity index (χ1n) is 12.5. The molecule has 2 bridgehead atoms. The van der Waals surface area contributed by atoms with E-state index in [2.05, 4.69) is 10.2 Å². The minimum atomic E-state index is -3.96. The normalized spacial score (nSPS) is 22.8. The standard InChI is InChI=1S/C27H27ClF2N2O5/c28-17-2-8-21-16(11-17)13-24(37-21)27(29,30)26(34)31-20(14-32-18-3-4-19(32)6-5-18)25(33)15-1-7-22-23(12-15)36-10-9-35-22/h1-2,7-8,11-13,18-20,25,33H,3-6,9-10,14H2,(H,31,34). The van der Waals surface area contributed by atoms with E-state index in [1.165, 1.54) is 18.2 Å². The van der Waals surface area contributed by atoms with E-state index in [1.54, 1.807) is 18.2 Å². The molecular weight excluding hydrogens is 506 g/mol. The second-order valence-corrected chi connectivity index (χ2v) is 10.4. The van der Waals surface area contributed by atoms with E-state index < -0.39 is 29.7 Å². The lowest BCUT2D eigenvalue weighted by Gasteiger charge is -2.32. The van der Waals surface area contributed by atoms with Crippen molar-refractivity contribution in [1.82, 2.24) is 10.2 Å². The number of nitrogens with one attached hydrogen (secondary N) is 1. The number of amides is 1. The molecule has 7 nitrogen and oxygen atoms in total. The molecule has 0 saturated carbocycles. The molecule has 196 valence electrons. The van der Waals surface area contributed by atoms with Crippen LogP contribution >= 0.6 is 11.6 Å². The van der Waals surface area contributed by atoms with E-state index in [0.29, 0.717) is 52.8 Å². The zero-order chi connectivity index (χ0) is 25.7. The van der Waals surface area contributed by atoms with Crippen LogP contribution in [-0.4, -0.2) is 53.8 Å². The number of fused-ring (bicyclic) bond motifs is 4. The second kappa shape index (κ2) is 9.45. The lowest BCUT2D eigenvalue weighted by Crippen LogP contribution is -2.52. The van der Waals surface area contributed by atoms with Gasteiger partial charge >= 0.3 is 5.92 Å². The van der Waals surface area contributed by atoms with Crippen LogP contribution in [0.2, 0.25) is 5.02 Å². The van der Waals surface area contributed by atoms with Gasteiger partial charge in [0.1, 0.15) is 24.9 Å². The van der Waals surface area contributed by atoms with Crippen LogP contribution in [0.25, 0.3) is 11.0 Å². The number of aliphatic hydroxyl groups excluding tert-OH is 1. The summed E-state index contributed by atoms with van der Waals surface area (Å²) in [6.07, 6.45) is 2.88. The van der Waals surface area contributed by atoms with Crippen molar-refractivity contribution in [2.75, 3.05) is 19.8 Å². The summed E-state index contributed by atoms with van der Waals surface area (Å²) in [5, 5.41) is 14.5. The summed E-state index contributed by atoms with van der Waals surface area (Å²) in [7, 11) is 0. The molecule has 3 aromatic rings. The molecule has 0 spiro atoms. The van der Waals surface area contributed by atoms with Gasteiger partial charge in [0.25, 0.3) is 5.91 Å². The number of carbonyl (C=O) groups excluding carboxylic acids is 1. The maximum atomic E-state index is 15.3. The predicted molar refractivity (Wildman–Crippen MR) is 132 cm³/mol. The SMILES string of the molecule is O=C(NC(CN1C2CCC1CC2)C(O)c1ccc2c(c1)OCCO2)C(F)(F)c1cc2cc(Cl)ccc2o1. The smallest absolute Gasteiger partial charge is 0.380 e. The van der Waals surface area contributed by atoms with Crippen LogP contribution in [-0.2, 0) is 10.7 Å². The number of halogens is 3. The molecule has 2 unspecified atom stereocenters. The van der Waals surface area contributed by atoms with Gasteiger partial charge in [-0.05, 0) is 67.6 Å². The van der Waals surface area contributed by atoms with Crippen LogP contribution in [0.3, 0.4) is 0 Å². The van der Waals surface area contributed by atoms with Crippen LogP contribution < -0.4 is 14.8 Å². The van der Waals surface area contributed by atoms with Gasteiger partial charge < -0.3 is 24.3 Å². The molecule has 2 N–H and O–H groups in total. The van der Waals surface area contributed by atoms with Gasteiger partial charge in [-0.25, -0.2) is 0 Å². The summed E-state index contributed by atoms with van der Waals surface area (Å²) in [5.41, 5.74) is 0.649. The third-order valence-electron chi connectivity index (χ3n) is 7.69. The van der Waals surface area contributed by atoms with Crippen molar-refractivity contribution in [1.29, 1.82) is 0 Å². The van der Waals surface area contributed by atoms with Gasteiger partial charge in [0.2, 0.25) is 0 Å². The fourth-order valence-electron chi connectivity index (χ4n) is 5.79. The molecular formula is C27H27ClF2N2O5. The predicted octanol–water partition coefficient (Wildman–Crippen LogP) is 4.79. The first-order valence-corrected chi connectivity index (χ1v) is 12.9. The van der Waals surface area contributed by atoms with Gasteiger partial charge in [0.05, 0.1) is 6.04 Å². The van der Waals surface area contributed by atoms with E-state index in [1.807, 2.05) is 0 Å². The molecule has 1 aromatic heterocycles.